The minimum Gasteiger partial charge on any atom is -0.535 e. The van der Waals surface area contributed by atoms with Gasteiger partial charge >= 0.3 is 16.6 Å². The van der Waals surface area contributed by atoms with Gasteiger partial charge in [-0.1, -0.05) is 142 Å². The maximum Gasteiger partial charge on any atom is 0.319 e. The van der Waals surface area contributed by atoms with Crippen molar-refractivity contribution in [1.29, 1.82) is 0 Å². The zero-order valence-electron chi connectivity index (χ0n) is 24.2. The zero-order valence-corrected chi connectivity index (χ0v) is 26.2. The van der Waals surface area contributed by atoms with Crippen LogP contribution < -0.4 is 29.6 Å². The normalized spacial score (nSPS) is 12.1. The molecular formula is C36H38O3Si2. The summed E-state index contributed by atoms with van der Waals surface area (Å²) in [4.78, 5) is 0. The SMILES string of the molecule is CC(C)(C)[Si](Oc1cc(CO)cc(O[Si](C)(c2ccccc2)c2ccccc2)c1)(c1ccccc1)c1ccccc1. The summed E-state index contributed by atoms with van der Waals surface area (Å²) < 4.78 is 14.3. The number of benzene rings is 5. The molecule has 208 valence electrons. The third kappa shape index (κ3) is 5.79. The predicted molar refractivity (Wildman–Crippen MR) is 175 cm³/mol. The highest BCUT2D eigenvalue weighted by atomic mass is 28.4. The van der Waals surface area contributed by atoms with Gasteiger partial charge in [-0.05, 0) is 50.0 Å². The molecule has 0 atom stereocenters. The van der Waals surface area contributed by atoms with Crippen molar-refractivity contribution in [2.24, 2.45) is 0 Å². The minimum atomic E-state index is -2.86. The molecule has 1 N–H and O–H groups in total. The Kier molecular flexibility index (Phi) is 8.31. The zero-order chi connectivity index (χ0) is 28.9. The Balaban J connectivity index is 1.65. The summed E-state index contributed by atoms with van der Waals surface area (Å²) >= 11 is 0. The van der Waals surface area contributed by atoms with Crippen LogP contribution in [0.25, 0.3) is 0 Å². The molecule has 0 fully saturated rings. The molecule has 5 rings (SSSR count). The van der Waals surface area contributed by atoms with E-state index in [9.17, 15) is 5.11 Å². The average Bonchev–Trinajstić information content (AvgIpc) is 3.01. The second-order valence-corrected chi connectivity index (χ2v) is 19.2. The van der Waals surface area contributed by atoms with Crippen LogP contribution >= 0.6 is 0 Å². The van der Waals surface area contributed by atoms with E-state index in [4.69, 9.17) is 8.85 Å². The summed E-state index contributed by atoms with van der Waals surface area (Å²) in [6.07, 6.45) is 0. The van der Waals surface area contributed by atoms with Gasteiger partial charge in [0.25, 0.3) is 0 Å². The number of rotatable bonds is 9. The lowest BCUT2D eigenvalue weighted by Crippen LogP contribution is -2.68. The highest BCUT2D eigenvalue weighted by Gasteiger charge is 2.52. The molecule has 0 unspecified atom stereocenters. The third-order valence-electron chi connectivity index (χ3n) is 7.78. The molecule has 41 heavy (non-hydrogen) atoms. The lowest BCUT2D eigenvalue weighted by atomic mass is 10.2. The lowest BCUT2D eigenvalue weighted by Gasteiger charge is -2.43. The van der Waals surface area contributed by atoms with Crippen LogP contribution in [-0.4, -0.2) is 21.7 Å². The summed E-state index contributed by atoms with van der Waals surface area (Å²) in [6, 6.07) is 48.0. The highest BCUT2D eigenvalue weighted by molar-refractivity contribution is 7.00. The van der Waals surface area contributed by atoms with E-state index in [1.807, 2.05) is 42.5 Å². The van der Waals surface area contributed by atoms with Crippen molar-refractivity contribution in [2.75, 3.05) is 0 Å². The maximum absolute atomic E-state index is 10.3. The van der Waals surface area contributed by atoms with Gasteiger partial charge in [-0.2, -0.15) is 0 Å². The summed E-state index contributed by atoms with van der Waals surface area (Å²) in [5, 5.41) is 14.9. The van der Waals surface area contributed by atoms with Crippen LogP contribution in [0.4, 0.5) is 0 Å². The molecule has 5 aromatic rings. The van der Waals surface area contributed by atoms with E-state index in [0.717, 1.165) is 5.56 Å². The molecule has 0 amide bonds. The molecule has 0 saturated heterocycles. The molecule has 0 aliphatic rings. The second kappa shape index (κ2) is 11.9. The summed E-state index contributed by atoms with van der Waals surface area (Å²) in [5.74, 6) is 1.41. The Labute approximate surface area is 246 Å². The van der Waals surface area contributed by atoms with Crippen molar-refractivity contribution in [2.45, 2.75) is 39.0 Å². The van der Waals surface area contributed by atoms with Gasteiger partial charge in [0.05, 0.1) is 6.61 Å². The summed E-state index contributed by atoms with van der Waals surface area (Å²) in [5.41, 5.74) is 0.757. The molecule has 0 heterocycles. The van der Waals surface area contributed by atoms with Crippen molar-refractivity contribution in [1.82, 2.24) is 0 Å². The van der Waals surface area contributed by atoms with Gasteiger partial charge in [-0.25, -0.2) is 0 Å². The van der Waals surface area contributed by atoms with Crippen LogP contribution in [0.3, 0.4) is 0 Å². The van der Waals surface area contributed by atoms with Crippen LogP contribution in [0.15, 0.2) is 140 Å². The maximum atomic E-state index is 10.3. The van der Waals surface area contributed by atoms with Crippen molar-refractivity contribution in [3.8, 4) is 11.5 Å². The molecule has 0 saturated carbocycles. The van der Waals surface area contributed by atoms with E-state index in [2.05, 4.69) is 124 Å². The van der Waals surface area contributed by atoms with Gasteiger partial charge in [0, 0.05) is 6.07 Å². The van der Waals surface area contributed by atoms with Gasteiger partial charge in [0.1, 0.15) is 11.5 Å². The number of aliphatic hydroxyl groups excluding tert-OH is 1. The largest absolute Gasteiger partial charge is 0.535 e. The van der Waals surface area contributed by atoms with Crippen LogP contribution in [0.1, 0.15) is 26.3 Å². The topological polar surface area (TPSA) is 38.7 Å². The fraction of sp³-hybridized carbons (Fsp3) is 0.167. The van der Waals surface area contributed by atoms with E-state index in [0.29, 0.717) is 11.5 Å². The number of hydrogen-bond acceptors (Lipinski definition) is 3. The van der Waals surface area contributed by atoms with Crippen LogP contribution in [-0.2, 0) is 6.61 Å². The fourth-order valence-corrected chi connectivity index (χ4v) is 12.9. The summed E-state index contributed by atoms with van der Waals surface area (Å²) in [7, 11) is -5.51. The second-order valence-electron chi connectivity index (χ2n) is 11.6. The monoisotopic (exact) mass is 574 g/mol. The quantitative estimate of drug-likeness (QED) is 0.223. The molecule has 0 aliphatic heterocycles. The number of aliphatic hydroxyl groups is 1. The first-order chi connectivity index (χ1) is 19.8. The first-order valence-corrected chi connectivity index (χ1v) is 18.4. The Hall–Kier alpha value is -3.91. The molecule has 0 radical (unpaired) electrons. The van der Waals surface area contributed by atoms with Crippen molar-refractivity contribution < 1.29 is 14.0 Å². The molecule has 0 bridgehead atoms. The van der Waals surface area contributed by atoms with E-state index in [-0.39, 0.29) is 11.6 Å². The van der Waals surface area contributed by atoms with Crippen LogP contribution in [0.2, 0.25) is 11.6 Å². The van der Waals surface area contributed by atoms with Crippen molar-refractivity contribution in [3.05, 3.63) is 145 Å². The number of hydrogen-bond donors (Lipinski definition) is 1. The highest BCUT2D eigenvalue weighted by Crippen LogP contribution is 2.38. The first kappa shape index (κ1) is 28.6. The minimum absolute atomic E-state index is 0.108. The fourth-order valence-electron chi connectivity index (χ4n) is 5.70. The standard InChI is InChI=1S/C36H38O3Si2/c1-36(2,3)41(34-21-13-7-14-22-34,35-23-15-8-16-24-35)39-31-26-29(28-37)25-30(27-31)38-40(4,32-17-9-5-10-18-32)33-19-11-6-12-20-33/h5-27,37H,28H2,1-4H3. The predicted octanol–water partition coefficient (Wildman–Crippen LogP) is 5.89. The molecule has 0 aliphatic carbocycles. The van der Waals surface area contributed by atoms with E-state index >= 15 is 0 Å². The molecule has 5 aromatic carbocycles. The Morgan fingerprint density at radius 3 is 1.27 bits per heavy atom. The van der Waals surface area contributed by atoms with Gasteiger partial charge in [0.15, 0.2) is 0 Å². The van der Waals surface area contributed by atoms with E-state index in [1.54, 1.807) is 0 Å². The molecule has 5 heteroatoms. The Morgan fingerprint density at radius 2 is 0.902 bits per heavy atom. The average molecular weight is 575 g/mol. The Morgan fingerprint density at radius 1 is 0.537 bits per heavy atom. The molecular weight excluding hydrogens is 537 g/mol. The Bertz CT molecular complexity index is 1470. The van der Waals surface area contributed by atoms with E-state index in [1.165, 1.54) is 20.7 Å². The first-order valence-electron chi connectivity index (χ1n) is 14.1. The van der Waals surface area contributed by atoms with Crippen LogP contribution in [0, 0.1) is 0 Å². The summed E-state index contributed by atoms with van der Waals surface area (Å²) in [6.45, 7) is 8.92. The van der Waals surface area contributed by atoms with Gasteiger partial charge in [0.2, 0.25) is 0 Å². The van der Waals surface area contributed by atoms with Crippen molar-refractivity contribution >= 4 is 37.4 Å². The third-order valence-corrected chi connectivity index (χ3v) is 16.2. The van der Waals surface area contributed by atoms with Crippen molar-refractivity contribution in [3.63, 3.8) is 0 Å². The smallest absolute Gasteiger partial charge is 0.319 e. The molecule has 0 spiro atoms. The van der Waals surface area contributed by atoms with E-state index < -0.39 is 16.6 Å². The van der Waals surface area contributed by atoms with Gasteiger partial charge in [-0.15, -0.1) is 0 Å². The van der Waals surface area contributed by atoms with Gasteiger partial charge < -0.3 is 14.0 Å². The molecule has 0 aromatic heterocycles. The van der Waals surface area contributed by atoms with Gasteiger partial charge in [-0.3, -0.25) is 0 Å². The molecule has 3 nitrogen and oxygen atoms in total. The van der Waals surface area contributed by atoms with Crippen LogP contribution in [0.5, 0.6) is 11.5 Å². The lowest BCUT2D eigenvalue weighted by molar-refractivity contribution is 0.281.